The molecule has 2 aliphatic rings. The van der Waals surface area contributed by atoms with Crippen LogP contribution in [-0.4, -0.2) is 6.61 Å². The first-order valence-corrected chi connectivity index (χ1v) is 8.71. The number of aryl methyl sites for hydroxylation is 1. The van der Waals surface area contributed by atoms with Crippen molar-refractivity contribution in [3.8, 4) is 6.07 Å². The summed E-state index contributed by atoms with van der Waals surface area (Å²) in [5.41, 5.74) is 6.12. The van der Waals surface area contributed by atoms with Crippen molar-refractivity contribution in [3.05, 3.63) is 64.7 Å². The normalized spacial score (nSPS) is 25.1. The molecule has 4 rings (SSSR count). The Balaban J connectivity index is 1.77. The first-order chi connectivity index (χ1) is 11.8. The van der Waals surface area contributed by atoms with Crippen molar-refractivity contribution in [2.24, 2.45) is 5.92 Å². The molecule has 2 aliphatic heterocycles. The lowest BCUT2D eigenvalue weighted by Gasteiger charge is -2.44. The summed E-state index contributed by atoms with van der Waals surface area (Å²) in [4.78, 5) is 0. The third-order valence-electron chi connectivity index (χ3n) is 5.34. The van der Waals surface area contributed by atoms with E-state index >= 15 is 0 Å². The molecule has 2 aromatic rings. The lowest BCUT2D eigenvalue weighted by atomic mass is 9.76. The summed E-state index contributed by atoms with van der Waals surface area (Å²) in [5.74, 6) is 0.435. The molecule has 0 bridgehead atoms. The maximum absolute atomic E-state index is 8.98. The standard InChI is InChI=1S/C21H22N2O/c1-14-5-2-3-6-16(14)20-17-7-4-12-24-21(17)18-13-15(10-11-22)8-9-19(18)23-20/h2-3,5-6,8-9,13,17,20-21,23H,4,7,10,12H2,1H3. The number of benzene rings is 2. The van der Waals surface area contributed by atoms with Gasteiger partial charge in [0.15, 0.2) is 0 Å². The van der Waals surface area contributed by atoms with Gasteiger partial charge in [-0.25, -0.2) is 0 Å². The van der Waals surface area contributed by atoms with Gasteiger partial charge in [0.2, 0.25) is 0 Å². The van der Waals surface area contributed by atoms with Crippen molar-refractivity contribution in [3.63, 3.8) is 0 Å². The maximum atomic E-state index is 8.98. The highest BCUT2D eigenvalue weighted by Crippen LogP contribution is 2.49. The first kappa shape index (κ1) is 15.2. The van der Waals surface area contributed by atoms with E-state index in [1.54, 1.807) is 0 Å². The summed E-state index contributed by atoms with van der Waals surface area (Å²) in [6.45, 7) is 3.00. The van der Waals surface area contributed by atoms with Crippen molar-refractivity contribution >= 4 is 5.69 Å². The second-order valence-electron chi connectivity index (χ2n) is 6.83. The van der Waals surface area contributed by atoms with E-state index in [4.69, 9.17) is 10.00 Å². The predicted molar refractivity (Wildman–Crippen MR) is 94.7 cm³/mol. The summed E-state index contributed by atoms with van der Waals surface area (Å²) in [6.07, 6.45) is 2.85. The molecule has 24 heavy (non-hydrogen) atoms. The molecule has 0 saturated carbocycles. The molecule has 0 aromatic heterocycles. The van der Waals surface area contributed by atoms with Gasteiger partial charge in [-0.2, -0.15) is 5.26 Å². The number of hydrogen-bond donors (Lipinski definition) is 1. The van der Waals surface area contributed by atoms with Crippen LogP contribution in [0, 0.1) is 24.2 Å². The van der Waals surface area contributed by atoms with Crippen LogP contribution in [0.3, 0.4) is 0 Å². The smallest absolute Gasteiger partial charge is 0.0895 e. The molecule has 0 amide bonds. The molecule has 0 aliphatic carbocycles. The van der Waals surface area contributed by atoms with E-state index in [9.17, 15) is 0 Å². The van der Waals surface area contributed by atoms with Gasteiger partial charge in [0.1, 0.15) is 0 Å². The van der Waals surface area contributed by atoms with Crippen LogP contribution in [0.25, 0.3) is 0 Å². The summed E-state index contributed by atoms with van der Waals surface area (Å²) >= 11 is 0. The van der Waals surface area contributed by atoms with Gasteiger partial charge in [-0.1, -0.05) is 36.4 Å². The summed E-state index contributed by atoms with van der Waals surface area (Å²) in [7, 11) is 0. The molecule has 3 heteroatoms. The number of ether oxygens (including phenoxy) is 1. The Morgan fingerprint density at radius 3 is 2.92 bits per heavy atom. The van der Waals surface area contributed by atoms with E-state index in [0.29, 0.717) is 12.3 Å². The SMILES string of the molecule is Cc1ccccc1C1Nc2ccc(CC#N)cc2C2OCCCC12. The van der Waals surface area contributed by atoms with Crippen LogP contribution in [0.4, 0.5) is 5.69 Å². The van der Waals surface area contributed by atoms with Gasteiger partial charge < -0.3 is 10.1 Å². The monoisotopic (exact) mass is 318 g/mol. The van der Waals surface area contributed by atoms with Gasteiger partial charge in [-0.15, -0.1) is 0 Å². The molecule has 1 N–H and O–H groups in total. The minimum Gasteiger partial charge on any atom is -0.378 e. The third-order valence-corrected chi connectivity index (χ3v) is 5.34. The minimum atomic E-state index is 0.123. The average molecular weight is 318 g/mol. The lowest BCUT2D eigenvalue weighted by Crippen LogP contribution is -2.36. The molecule has 0 spiro atoms. The first-order valence-electron chi connectivity index (χ1n) is 8.71. The van der Waals surface area contributed by atoms with Gasteiger partial charge in [-0.05, 0) is 42.5 Å². The van der Waals surface area contributed by atoms with Crippen molar-refractivity contribution < 1.29 is 4.74 Å². The van der Waals surface area contributed by atoms with Crippen LogP contribution in [0.1, 0.15) is 47.2 Å². The molecular weight excluding hydrogens is 296 g/mol. The zero-order chi connectivity index (χ0) is 16.5. The van der Waals surface area contributed by atoms with Crippen LogP contribution in [0.15, 0.2) is 42.5 Å². The molecule has 3 unspecified atom stereocenters. The van der Waals surface area contributed by atoms with Gasteiger partial charge in [0.05, 0.1) is 24.6 Å². The van der Waals surface area contributed by atoms with Crippen LogP contribution in [0.5, 0.6) is 0 Å². The zero-order valence-electron chi connectivity index (χ0n) is 14.0. The largest absolute Gasteiger partial charge is 0.378 e. The van der Waals surface area contributed by atoms with E-state index in [2.05, 4.69) is 54.7 Å². The van der Waals surface area contributed by atoms with Crippen molar-refractivity contribution in [2.45, 2.75) is 38.3 Å². The number of nitrogens with zero attached hydrogens (tertiary/aromatic N) is 1. The van der Waals surface area contributed by atoms with Gasteiger partial charge in [0, 0.05) is 23.8 Å². The molecule has 2 heterocycles. The van der Waals surface area contributed by atoms with E-state index in [0.717, 1.165) is 24.3 Å². The van der Waals surface area contributed by atoms with E-state index in [1.165, 1.54) is 23.1 Å². The second-order valence-corrected chi connectivity index (χ2v) is 6.83. The number of nitriles is 1. The van der Waals surface area contributed by atoms with Crippen LogP contribution < -0.4 is 5.32 Å². The summed E-state index contributed by atoms with van der Waals surface area (Å²) < 4.78 is 6.21. The molecule has 1 saturated heterocycles. The van der Waals surface area contributed by atoms with E-state index in [1.807, 2.05) is 6.07 Å². The highest BCUT2D eigenvalue weighted by molar-refractivity contribution is 5.59. The number of rotatable bonds is 2. The van der Waals surface area contributed by atoms with E-state index < -0.39 is 0 Å². The Kier molecular flexibility index (Phi) is 4.00. The predicted octanol–water partition coefficient (Wildman–Crippen LogP) is 4.70. The van der Waals surface area contributed by atoms with Crippen LogP contribution in [-0.2, 0) is 11.2 Å². The Labute approximate surface area is 143 Å². The van der Waals surface area contributed by atoms with E-state index in [-0.39, 0.29) is 12.1 Å². The molecular formula is C21H22N2O. The number of nitrogens with one attached hydrogen (secondary N) is 1. The fourth-order valence-corrected chi connectivity index (χ4v) is 4.17. The highest BCUT2D eigenvalue weighted by atomic mass is 16.5. The zero-order valence-corrected chi connectivity index (χ0v) is 14.0. The molecule has 0 radical (unpaired) electrons. The number of anilines is 1. The Hall–Kier alpha value is -2.31. The van der Waals surface area contributed by atoms with Gasteiger partial charge in [-0.3, -0.25) is 0 Å². The second kappa shape index (κ2) is 6.30. The maximum Gasteiger partial charge on any atom is 0.0895 e. The molecule has 1 fully saturated rings. The lowest BCUT2D eigenvalue weighted by molar-refractivity contribution is -0.0382. The Morgan fingerprint density at radius 2 is 2.08 bits per heavy atom. The Bertz CT molecular complexity index is 793. The van der Waals surface area contributed by atoms with Crippen molar-refractivity contribution in [1.82, 2.24) is 0 Å². The average Bonchev–Trinajstić information content (AvgIpc) is 2.62. The molecule has 122 valence electrons. The quantitative estimate of drug-likeness (QED) is 0.873. The highest BCUT2D eigenvalue weighted by Gasteiger charge is 2.40. The van der Waals surface area contributed by atoms with Gasteiger partial charge in [0.25, 0.3) is 0 Å². The topological polar surface area (TPSA) is 45.0 Å². The van der Waals surface area contributed by atoms with Crippen LogP contribution in [0.2, 0.25) is 0 Å². The molecule has 3 atom stereocenters. The fraction of sp³-hybridized carbons (Fsp3) is 0.381. The Morgan fingerprint density at radius 1 is 1.21 bits per heavy atom. The van der Waals surface area contributed by atoms with Crippen molar-refractivity contribution in [2.75, 3.05) is 11.9 Å². The fourth-order valence-electron chi connectivity index (χ4n) is 4.17. The number of fused-ring (bicyclic) bond motifs is 3. The van der Waals surface area contributed by atoms with Crippen LogP contribution >= 0.6 is 0 Å². The summed E-state index contributed by atoms with van der Waals surface area (Å²) in [5, 5.41) is 12.7. The molecule has 2 aromatic carbocycles. The number of hydrogen-bond acceptors (Lipinski definition) is 3. The summed E-state index contributed by atoms with van der Waals surface area (Å²) in [6, 6.07) is 17.5. The third kappa shape index (κ3) is 2.57. The van der Waals surface area contributed by atoms with Crippen molar-refractivity contribution in [1.29, 1.82) is 5.26 Å². The van der Waals surface area contributed by atoms with Gasteiger partial charge >= 0.3 is 0 Å². The molecule has 3 nitrogen and oxygen atoms in total. The minimum absolute atomic E-state index is 0.123.